The fraction of sp³-hybridized carbons (Fsp3) is 0.474. The number of hydrogen-bond donors (Lipinski definition) is 1. The van der Waals surface area contributed by atoms with Crippen LogP contribution in [0.2, 0.25) is 0 Å². The Morgan fingerprint density at radius 3 is 2.71 bits per heavy atom. The van der Waals surface area contributed by atoms with Gasteiger partial charge in [-0.05, 0) is 51.6 Å². The van der Waals surface area contributed by atoms with Gasteiger partial charge in [0.2, 0.25) is 0 Å². The summed E-state index contributed by atoms with van der Waals surface area (Å²) < 4.78 is 0. The van der Waals surface area contributed by atoms with Gasteiger partial charge in [0.1, 0.15) is 5.82 Å². The summed E-state index contributed by atoms with van der Waals surface area (Å²) in [5.74, 6) is 1.44. The molecule has 0 radical (unpaired) electrons. The molecule has 24 heavy (non-hydrogen) atoms. The van der Waals surface area contributed by atoms with Crippen molar-refractivity contribution in [3.63, 3.8) is 0 Å². The average Bonchev–Trinajstić information content (AvgIpc) is 3.01. The number of imidazole rings is 1. The molecule has 0 saturated carbocycles. The molecule has 1 aliphatic heterocycles. The van der Waals surface area contributed by atoms with Crippen molar-refractivity contribution in [2.24, 2.45) is 0 Å². The Balaban J connectivity index is 1.67. The van der Waals surface area contributed by atoms with Crippen LogP contribution in [0.3, 0.4) is 0 Å². The first-order valence-corrected chi connectivity index (χ1v) is 8.57. The van der Waals surface area contributed by atoms with Crippen molar-refractivity contribution in [1.29, 1.82) is 0 Å². The molecule has 1 saturated heterocycles. The summed E-state index contributed by atoms with van der Waals surface area (Å²) in [4.78, 5) is 24.7. The lowest BCUT2D eigenvalue weighted by molar-refractivity contribution is 0.0705. The molecule has 1 unspecified atom stereocenters. The largest absolute Gasteiger partial charge is 0.346 e. The van der Waals surface area contributed by atoms with E-state index in [0.29, 0.717) is 5.92 Å². The van der Waals surface area contributed by atoms with Crippen LogP contribution in [-0.2, 0) is 6.54 Å². The molecule has 1 fully saturated rings. The monoisotopic (exact) mass is 326 g/mol. The maximum atomic E-state index is 12.8. The lowest BCUT2D eigenvalue weighted by Crippen LogP contribution is -2.39. The van der Waals surface area contributed by atoms with E-state index in [1.54, 1.807) is 0 Å². The third-order valence-electron chi connectivity index (χ3n) is 4.52. The van der Waals surface area contributed by atoms with Crippen LogP contribution in [0, 0.1) is 6.92 Å². The highest BCUT2D eigenvalue weighted by Gasteiger charge is 2.27. The second-order valence-electron chi connectivity index (χ2n) is 6.98. The third-order valence-corrected chi connectivity index (χ3v) is 4.52. The number of nitrogens with zero attached hydrogens (tertiary/aromatic N) is 3. The summed E-state index contributed by atoms with van der Waals surface area (Å²) in [6.07, 6.45) is 3.97. The third kappa shape index (κ3) is 3.85. The predicted molar refractivity (Wildman–Crippen MR) is 95.0 cm³/mol. The van der Waals surface area contributed by atoms with Crippen LogP contribution in [0.4, 0.5) is 0 Å². The molecule has 5 nitrogen and oxygen atoms in total. The minimum Gasteiger partial charge on any atom is -0.346 e. The second kappa shape index (κ2) is 7.18. The summed E-state index contributed by atoms with van der Waals surface area (Å²) in [7, 11) is 4.09. The predicted octanol–water partition coefficient (Wildman–Crippen LogP) is 2.80. The van der Waals surface area contributed by atoms with Gasteiger partial charge in [0.15, 0.2) is 0 Å². The van der Waals surface area contributed by atoms with Crippen molar-refractivity contribution in [2.45, 2.75) is 32.2 Å². The highest BCUT2D eigenvalue weighted by atomic mass is 16.2. The van der Waals surface area contributed by atoms with Crippen LogP contribution >= 0.6 is 0 Å². The Kier molecular flexibility index (Phi) is 5.00. The summed E-state index contributed by atoms with van der Waals surface area (Å²) >= 11 is 0. The molecular weight excluding hydrogens is 300 g/mol. The Morgan fingerprint density at radius 1 is 1.33 bits per heavy atom. The fourth-order valence-electron chi connectivity index (χ4n) is 3.33. The quantitative estimate of drug-likeness (QED) is 0.940. The maximum absolute atomic E-state index is 12.8. The van der Waals surface area contributed by atoms with Crippen molar-refractivity contribution >= 4 is 5.91 Å². The molecule has 1 aromatic carbocycles. The molecule has 1 amide bonds. The van der Waals surface area contributed by atoms with Crippen LogP contribution in [0.1, 0.15) is 46.2 Å². The van der Waals surface area contributed by atoms with E-state index >= 15 is 0 Å². The van der Waals surface area contributed by atoms with E-state index in [1.165, 1.54) is 5.56 Å². The fourth-order valence-corrected chi connectivity index (χ4v) is 3.33. The van der Waals surface area contributed by atoms with Gasteiger partial charge in [0.05, 0.1) is 0 Å². The van der Waals surface area contributed by atoms with E-state index < -0.39 is 0 Å². The highest BCUT2D eigenvalue weighted by Crippen LogP contribution is 2.26. The van der Waals surface area contributed by atoms with E-state index in [4.69, 9.17) is 0 Å². The van der Waals surface area contributed by atoms with Crippen LogP contribution in [0.5, 0.6) is 0 Å². The topological polar surface area (TPSA) is 52.2 Å². The van der Waals surface area contributed by atoms with Gasteiger partial charge in [0, 0.05) is 43.0 Å². The number of nitrogens with one attached hydrogen (secondary N) is 1. The molecule has 2 heterocycles. The van der Waals surface area contributed by atoms with Crippen LogP contribution < -0.4 is 0 Å². The van der Waals surface area contributed by atoms with Crippen molar-refractivity contribution < 1.29 is 4.79 Å². The van der Waals surface area contributed by atoms with Crippen molar-refractivity contribution in [3.05, 3.63) is 53.1 Å². The summed E-state index contributed by atoms with van der Waals surface area (Å²) in [6, 6.07) is 7.98. The number of rotatable bonds is 4. The molecule has 3 rings (SSSR count). The number of aromatic nitrogens is 2. The maximum Gasteiger partial charge on any atom is 0.253 e. The number of likely N-dealkylation sites (tertiary alicyclic amines) is 1. The smallest absolute Gasteiger partial charge is 0.253 e. The van der Waals surface area contributed by atoms with Crippen molar-refractivity contribution in [1.82, 2.24) is 19.8 Å². The number of aryl methyl sites for hydroxylation is 1. The minimum atomic E-state index is 0.124. The zero-order chi connectivity index (χ0) is 17.1. The standard InChI is InChI=1S/C19H26N4O/c1-14-11-20-18(21-14)17-5-4-10-23(13-17)19(24)16-8-6-15(7-9-16)12-22(2)3/h6-9,11,17H,4-5,10,12-13H2,1-3H3,(H,20,21). The van der Waals surface area contributed by atoms with Crippen LogP contribution in [0.15, 0.2) is 30.5 Å². The number of carbonyl (C=O) groups excluding carboxylic acids is 1. The number of hydrogen-bond acceptors (Lipinski definition) is 3. The summed E-state index contributed by atoms with van der Waals surface area (Å²) in [6.45, 7) is 4.47. The van der Waals surface area contributed by atoms with Gasteiger partial charge in [-0.3, -0.25) is 4.79 Å². The van der Waals surface area contributed by atoms with E-state index in [2.05, 4.69) is 14.9 Å². The minimum absolute atomic E-state index is 0.124. The van der Waals surface area contributed by atoms with Crippen molar-refractivity contribution in [3.8, 4) is 0 Å². The lowest BCUT2D eigenvalue weighted by atomic mass is 9.96. The molecule has 1 aliphatic rings. The molecule has 128 valence electrons. The number of aromatic amines is 1. The second-order valence-corrected chi connectivity index (χ2v) is 6.98. The average molecular weight is 326 g/mol. The van der Waals surface area contributed by atoms with Gasteiger partial charge in [0.25, 0.3) is 5.91 Å². The van der Waals surface area contributed by atoms with Crippen LogP contribution in [-0.4, -0.2) is 52.9 Å². The Hall–Kier alpha value is -2.14. The molecular formula is C19H26N4O. The molecule has 5 heteroatoms. The number of amides is 1. The SMILES string of the molecule is Cc1cnc(C2CCCN(C(=O)c3ccc(CN(C)C)cc3)C2)[nH]1. The number of carbonyl (C=O) groups is 1. The first kappa shape index (κ1) is 16.7. The first-order valence-electron chi connectivity index (χ1n) is 8.57. The van der Waals surface area contributed by atoms with E-state index in [9.17, 15) is 4.79 Å². The van der Waals surface area contributed by atoms with Gasteiger partial charge >= 0.3 is 0 Å². The zero-order valence-corrected chi connectivity index (χ0v) is 14.7. The summed E-state index contributed by atoms with van der Waals surface area (Å²) in [5.41, 5.74) is 3.07. The number of piperidine rings is 1. The van der Waals surface area contributed by atoms with Gasteiger partial charge in [-0.2, -0.15) is 0 Å². The Labute approximate surface area is 143 Å². The first-order chi connectivity index (χ1) is 11.5. The van der Waals surface area contributed by atoms with E-state index in [0.717, 1.165) is 49.6 Å². The van der Waals surface area contributed by atoms with Crippen LogP contribution in [0.25, 0.3) is 0 Å². The molecule has 1 N–H and O–H groups in total. The molecule has 0 aliphatic carbocycles. The number of H-pyrrole nitrogens is 1. The molecule has 0 spiro atoms. The van der Waals surface area contributed by atoms with Gasteiger partial charge < -0.3 is 14.8 Å². The highest BCUT2D eigenvalue weighted by molar-refractivity contribution is 5.94. The number of benzene rings is 1. The lowest BCUT2D eigenvalue weighted by Gasteiger charge is -2.32. The zero-order valence-electron chi connectivity index (χ0n) is 14.7. The van der Waals surface area contributed by atoms with E-state index in [-0.39, 0.29) is 5.91 Å². The van der Waals surface area contributed by atoms with Gasteiger partial charge in [-0.25, -0.2) is 4.98 Å². The molecule has 1 atom stereocenters. The molecule has 0 bridgehead atoms. The Morgan fingerprint density at radius 2 is 2.08 bits per heavy atom. The molecule has 2 aromatic rings. The Bertz CT molecular complexity index is 690. The molecule has 1 aromatic heterocycles. The van der Waals surface area contributed by atoms with Crippen molar-refractivity contribution in [2.75, 3.05) is 27.2 Å². The van der Waals surface area contributed by atoms with Gasteiger partial charge in [-0.1, -0.05) is 12.1 Å². The van der Waals surface area contributed by atoms with Gasteiger partial charge in [-0.15, -0.1) is 0 Å². The summed E-state index contributed by atoms with van der Waals surface area (Å²) in [5, 5.41) is 0. The normalized spacial score (nSPS) is 18.2. The van der Waals surface area contributed by atoms with E-state index in [1.807, 2.05) is 56.4 Å².